The van der Waals surface area contributed by atoms with Gasteiger partial charge in [0.15, 0.2) is 5.76 Å². The lowest BCUT2D eigenvalue weighted by atomic mass is 9.87. The number of halogens is 1. The van der Waals surface area contributed by atoms with Crippen LogP contribution in [0.3, 0.4) is 0 Å². The fourth-order valence-electron chi connectivity index (χ4n) is 6.27. The summed E-state index contributed by atoms with van der Waals surface area (Å²) in [5, 5.41) is 3.87. The summed E-state index contributed by atoms with van der Waals surface area (Å²) in [5.41, 5.74) is 1.56. The van der Waals surface area contributed by atoms with Crippen molar-refractivity contribution in [2.45, 2.75) is 102 Å². The zero-order valence-corrected chi connectivity index (χ0v) is 27.6. The van der Waals surface area contributed by atoms with Gasteiger partial charge in [0, 0.05) is 18.6 Å². The van der Waals surface area contributed by atoms with E-state index in [1.54, 1.807) is 31.2 Å². The zero-order chi connectivity index (χ0) is 31.7. The topological polar surface area (TPSA) is 114 Å². The highest BCUT2D eigenvalue weighted by atomic mass is 35.5. The third kappa shape index (κ3) is 6.17. The number of anilines is 1. The molecule has 1 aromatic heterocycles. The first-order chi connectivity index (χ1) is 20.9. The lowest BCUT2D eigenvalue weighted by Gasteiger charge is -2.30. The molecular formula is C33H41ClN4O5S. The Morgan fingerprint density at radius 3 is 2.50 bits per heavy atom. The van der Waals surface area contributed by atoms with Crippen LogP contribution in [0.4, 0.5) is 5.82 Å². The summed E-state index contributed by atoms with van der Waals surface area (Å²) in [4.78, 5) is 20.8. The van der Waals surface area contributed by atoms with Crippen LogP contribution in [0.15, 0.2) is 56.9 Å². The van der Waals surface area contributed by atoms with E-state index in [9.17, 15) is 13.2 Å². The van der Waals surface area contributed by atoms with Crippen molar-refractivity contribution < 1.29 is 22.5 Å². The number of hydrogen-bond acceptors (Lipinski definition) is 7. The van der Waals surface area contributed by atoms with Crippen LogP contribution >= 0.6 is 11.6 Å². The summed E-state index contributed by atoms with van der Waals surface area (Å²) in [5.74, 6) is 1.21. The number of aromatic nitrogens is 1. The Labute approximate surface area is 265 Å². The standard InChI is InChI=1S/C33H41ClN4O5S/c1-6-8-15-28-35-33(18-11-12-19-33)31(39)38(28)21-23-16-17-24(26(20-23)32(4,5)42-7-2)25-13-9-10-14-27(25)44(40,41)37-30-29(34)22(3)43-36-30/h9-10,13-14,16-17,20H,6-8,11-12,15,18-19,21H2,1-5H3,(H,36,37). The fraction of sp³-hybridized carbons (Fsp3) is 0.485. The quantitative estimate of drug-likeness (QED) is 0.218. The molecule has 0 unspecified atom stereocenters. The molecule has 0 atom stereocenters. The van der Waals surface area contributed by atoms with Gasteiger partial charge in [0.25, 0.3) is 15.9 Å². The first-order valence-electron chi connectivity index (χ1n) is 15.3. The number of amidine groups is 1. The van der Waals surface area contributed by atoms with E-state index in [0.29, 0.717) is 30.0 Å². The van der Waals surface area contributed by atoms with Crippen LogP contribution in [0, 0.1) is 6.92 Å². The van der Waals surface area contributed by atoms with Crippen molar-refractivity contribution in [2.24, 2.45) is 4.99 Å². The van der Waals surface area contributed by atoms with Gasteiger partial charge < -0.3 is 9.26 Å². The van der Waals surface area contributed by atoms with Crippen LogP contribution in [0.2, 0.25) is 5.02 Å². The van der Waals surface area contributed by atoms with Gasteiger partial charge in [-0.1, -0.05) is 79.3 Å². The molecule has 236 valence electrons. The average molecular weight is 641 g/mol. The van der Waals surface area contributed by atoms with E-state index in [2.05, 4.69) is 16.8 Å². The second-order valence-electron chi connectivity index (χ2n) is 12.1. The van der Waals surface area contributed by atoms with Crippen molar-refractivity contribution in [3.8, 4) is 11.1 Å². The van der Waals surface area contributed by atoms with Crippen LogP contribution in [-0.2, 0) is 31.7 Å². The molecule has 3 aromatic rings. The lowest BCUT2D eigenvalue weighted by Crippen LogP contribution is -2.40. The Morgan fingerprint density at radius 2 is 1.84 bits per heavy atom. The highest BCUT2D eigenvalue weighted by Gasteiger charge is 2.49. The molecule has 2 aromatic carbocycles. The molecule has 9 nitrogen and oxygen atoms in total. The zero-order valence-electron chi connectivity index (χ0n) is 26.1. The smallest absolute Gasteiger partial charge is 0.263 e. The molecule has 1 saturated carbocycles. The number of sulfonamides is 1. The van der Waals surface area contributed by atoms with E-state index in [1.807, 2.05) is 43.9 Å². The first-order valence-corrected chi connectivity index (χ1v) is 17.2. The molecule has 11 heteroatoms. The number of hydrogen-bond donors (Lipinski definition) is 1. The second-order valence-corrected chi connectivity index (χ2v) is 14.1. The van der Waals surface area contributed by atoms with Gasteiger partial charge in [-0.25, -0.2) is 8.42 Å². The number of ether oxygens (including phenoxy) is 1. The minimum absolute atomic E-state index is 0.0601. The lowest BCUT2D eigenvalue weighted by molar-refractivity contribution is -0.131. The molecule has 1 amide bonds. The van der Waals surface area contributed by atoms with Crippen molar-refractivity contribution in [3.63, 3.8) is 0 Å². The molecule has 2 aliphatic rings. The van der Waals surface area contributed by atoms with Gasteiger partial charge in [0.05, 0.1) is 17.0 Å². The van der Waals surface area contributed by atoms with Crippen LogP contribution < -0.4 is 4.72 Å². The number of nitrogens with zero attached hydrogens (tertiary/aromatic N) is 3. The van der Waals surface area contributed by atoms with Gasteiger partial charge in [-0.3, -0.25) is 19.4 Å². The average Bonchev–Trinajstić information content (AvgIpc) is 3.67. The maximum absolute atomic E-state index is 13.8. The van der Waals surface area contributed by atoms with E-state index < -0.39 is 21.2 Å². The molecule has 1 aliphatic heterocycles. The number of unbranched alkanes of at least 4 members (excludes halogenated alkanes) is 1. The molecule has 44 heavy (non-hydrogen) atoms. The van der Waals surface area contributed by atoms with Gasteiger partial charge >= 0.3 is 0 Å². The molecule has 0 radical (unpaired) electrons. The van der Waals surface area contributed by atoms with Gasteiger partial charge in [0.1, 0.15) is 16.4 Å². The number of amides is 1. The summed E-state index contributed by atoms with van der Waals surface area (Å²) in [6.45, 7) is 10.5. The number of carbonyl (C=O) groups excluding carboxylic acids is 1. The summed E-state index contributed by atoms with van der Waals surface area (Å²) < 4.78 is 41.1. The number of rotatable bonds is 12. The molecule has 1 aliphatic carbocycles. The predicted molar refractivity (Wildman–Crippen MR) is 172 cm³/mol. The number of carbonyl (C=O) groups is 1. The summed E-state index contributed by atoms with van der Waals surface area (Å²) in [7, 11) is -4.11. The second kappa shape index (κ2) is 12.7. The molecule has 1 spiro atoms. The number of aryl methyl sites for hydroxylation is 1. The summed E-state index contributed by atoms with van der Waals surface area (Å²) in [6, 6.07) is 12.7. The largest absolute Gasteiger partial charge is 0.371 e. The minimum atomic E-state index is -4.11. The van der Waals surface area contributed by atoms with Crippen molar-refractivity contribution >= 4 is 39.2 Å². The number of nitrogens with one attached hydrogen (secondary N) is 1. The van der Waals surface area contributed by atoms with Crippen LogP contribution in [0.25, 0.3) is 11.1 Å². The highest BCUT2D eigenvalue weighted by molar-refractivity contribution is 7.92. The van der Waals surface area contributed by atoms with E-state index >= 15 is 0 Å². The third-order valence-electron chi connectivity index (χ3n) is 8.55. The SMILES string of the molecule is CCCCC1=NC2(CCCC2)C(=O)N1Cc1ccc(-c2ccccc2S(=O)(=O)Nc2noc(C)c2Cl)c(C(C)(C)OCC)c1. The monoisotopic (exact) mass is 640 g/mol. The van der Waals surface area contributed by atoms with Gasteiger partial charge in [-0.2, -0.15) is 0 Å². The van der Waals surface area contributed by atoms with Gasteiger partial charge in [0.2, 0.25) is 5.82 Å². The van der Waals surface area contributed by atoms with E-state index in [4.69, 9.17) is 25.9 Å². The number of aliphatic imine (C=N–C) groups is 1. The van der Waals surface area contributed by atoms with Gasteiger partial charge in [-0.15, -0.1) is 0 Å². The Kier molecular flexibility index (Phi) is 9.26. The highest BCUT2D eigenvalue weighted by Crippen LogP contribution is 2.42. The molecule has 1 N–H and O–H groups in total. The third-order valence-corrected chi connectivity index (χ3v) is 10.4. The summed E-state index contributed by atoms with van der Waals surface area (Å²) >= 11 is 6.22. The predicted octanol–water partition coefficient (Wildman–Crippen LogP) is 7.62. The molecule has 5 rings (SSSR count). The molecule has 0 bridgehead atoms. The molecule has 0 saturated heterocycles. The normalized spacial score (nSPS) is 16.6. The van der Waals surface area contributed by atoms with Crippen LogP contribution in [0.1, 0.15) is 89.5 Å². The van der Waals surface area contributed by atoms with Crippen LogP contribution in [0.5, 0.6) is 0 Å². The van der Waals surface area contributed by atoms with Crippen LogP contribution in [-0.4, -0.2) is 42.4 Å². The Bertz CT molecular complexity index is 1670. The van der Waals surface area contributed by atoms with E-state index in [0.717, 1.165) is 61.9 Å². The summed E-state index contributed by atoms with van der Waals surface area (Å²) in [6.07, 6.45) is 6.41. The fourth-order valence-corrected chi connectivity index (χ4v) is 7.67. The molecule has 2 heterocycles. The number of benzene rings is 2. The first kappa shape index (κ1) is 32.2. The Morgan fingerprint density at radius 1 is 1.11 bits per heavy atom. The van der Waals surface area contributed by atoms with Crippen molar-refractivity contribution in [1.29, 1.82) is 0 Å². The van der Waals surface area contributed by atoms with Crippen molar-refractivity contribution in [3.05, 3.63) is 64.4 Å². The van der Waals surface area contributed by atoms with Crippen molar-refractivity contribution in [2.75, 3.05) is 11.3 Å². The van der Waals surface area contributed by atoms with E-state index in [1.165, 1.54) is 0 Å². The van der Waals surface area contributed by atoms with Gasteiger partial charge in [-0.05, 0) is 69.7 Å². The Hall–Kier alpha value is -3.21. The molecule has 1 fully saturated rings. The maximum Gasteiger partial charge on any atom is 0.263 e. The minimum Gasteiger partial charge on any atom is -0.371 e. The van der Waals surface area contributed by atoms with Crippen molar-refractivity contribution in [1.82, 2.24) is 10.1 Å². The molecular weight excluding hydrogens is 600 g/mol. The van der Waals surface area contributed by atoms with E-state index in [-0.39, 0.29) is 21.6 Å². The Balaban J connectivity index is 1.55. The maximum atomic E-state index is 13.8.